The molecule has 0 spiro atoms. The predicted molar refractivity (Wildman–Crippen MR) is 121 cm³/mol. The van der Waals surface area contributed by atoms with E-state index < -0.39 is 5.97 Å². The van der Waals surface area contributed by atoms with Crippen molar-refractivity contribution in [1.29, 1.82) is 0 Å². The molecule has 0 aromatic carbocycles. The summed E-state index contributed by atoms with van der Waals surface area (Å²) >= 11 is 4.62. The van der Waals surface area contributed by atoms with Gasteiger partial charge in [0.15, 0.2) is 0 Å². The molecule has 4 aliphatic rings. The molecule has 7 atom stereocenters. The first-order valence-electron chi connectivity index (χ1n) is 10.8. The number of ether oxygens (including phenoxy) is 1. The normalized spacial score (nSPS) is 34.7. The monoisotopic (exact) mass is 490 g/mol. The van der Waals surface area contributed by atoms with Gasteiger partial charge in [-0.1, -0.05) is 17.4 Å². The molecule has 6 rings (SSSR count). The minimum absolute atomic E-state index is 0.0569. The standard InChI is InChI=1S/C22H22N2O5S3/c1-8(2)29-12(25)7-24-20(26)14-9-6-10(15(14)21(24)27)17-13(9)16(11-4-3-5-30-11)18-19(31-17)23-22(28)32-18/h3-5,8-10,13-17H,6-7H2,1-2H3,(H,23,28)/t9-,10+,13+,14+,15+,16-,17-/m1/s1. The van der Waals surface area contributed by atoms with Crippen LogP contribution in [0.25, 0.3) is 0 Å². The fourth-order valence-corrected chi connectivity index (χ4v) is 10.3. The molecule has 10 heteroatoms. The molecule has 0 unspecified atom stereocenters. The van der Waals surface area contributed by atoms with Gasteiger partial charge >= 0.3 is 10.8 Å². The highest BCUT2D eigenvalue weighted by atomic mass is 32.2. The summed E-state index contributed by atoms with van der Waals surface area (Å²) in [5.41, 5.74) is 0. The van der Waals surface area contributed by atoms with E-state index in [-0.39, 0.29) is 70.1 Å². The molecule has 2 saturated carbocycles. The average molecular weight is 491 g/mol. The van der Waals surface area contributed by atoms with E-state index in [1.54, 1.807) is 36.9 Å². The molecule has 0 radical (unpaired) electrons. The van der Waals surface area contributed by atoms with Crippen molar-refractivity contribution in [3.8, 4) is 0 Å². The summed E-state index contributed by atoms with van der Waals surface area (Å²) < 4.78 is 5.18. The maximum atomic E-state index is 13.4. The SMILES string of the molecule is CC(C)OC(=O)CN1C(=O)[C@H]2[C@@H]3C[C@@H]([C@@H]2C1=O)[C@H]1[C@@H](c2cccs2)c2sc(=O)[nH]c2S[C@H]31. The van der Waals surface area contributed by atoms with Gasteiger partial charge in [-0.3, -0.25) is 24.1 Å². The Hall–Kier alpha value is -1.91. The number of fused-ring (bicyclic) bond motifs is 9. The number of likely N-dealkylation sites (tertiary alicyclic amines) is 1. The number of nitrogens with one attached hydrogen (secondary N) is 1. The second kappa shape index (κ2) is 7.30. The lowest BCUT2D eigenvalue weighted by atomic mass is 9.69. The summed E-state index contributed by atoms with van der Waals surface area (Å²) in [6, 6.07) is 4.13. The first-order valence-corrected chi connectivity index (χ1v) is 13.4. The maximum Gasteiger partial charge on any atom is 0.326 e. The van der Waals surface area contributed by atoms with Gasteiger partial charge in [-0.2, -0.15) is 0 Å². The molecule has 2 amide bonds. The van der Waals surface area contributed by atoms with Crippen LogP contribution in [-0.2, 0) is 19.1 Å². The molecule has 2 aromatic heterocycles. The Labute approximate surface area is 196 Å². The van der Waals surface area contributed by atoms with Crippen LogP contribution < -0.4 is 4.87 Å². The van der Waals surface area contributed by atoms with Crippen LogP contribution in [0.2, 0.25) is 0 Å². The number of hydrogen-bond acceptors (Lipinski definition) is 8. The molecule has 3 fully saturated rings. The van der Waals surface area contributed by atoms with Crippen molar-refractivity contribution < 1.29 is 19.1 Å². The number of thioether (sulfide) groups is 1. The van der Waals surface area contributed by atoms with Gasteiger partial charge in [-0.15, -0.1) is 23.1 Å². The summed E-state index contributed by atoms with van der Waals surface area (Å²) in [4.78, 5) is 57.4. The van der Waals surface area contributed by atoms with Gasteiger partial charge in [0.2, 0.25) is 11.8 Å². The number of carbonyl (C=O) groups excluding carboxylic acids is 3. The lowest BCUT2D eigenvalue weighted by molar-refractivity contribution is -0.155. The van der Waals surface area contributed by atoms with Gasteiger partial charge in [0.05, 0.1) is 23.0 Å². The van der Waals surface area contributed by atoms with Crippen molar-refractivity contribution in [2.75, 3.05) is 6.54 Å². The number of thiazole rings is 1. The molecule has 32 heavy (non-hydrogen) atoms. The molecule has 4 heterocycles. The number of rotatable bonds is 4. The number of nitrogens with zero attached hydrogens (tertiary/aromatic N) is 1. The molecule has 2 aliphatic carbocycles. The van der Waals surface area contributed by atoms with Crippen LogP contribution in [0.3, 0.4) is 0 Å². The molecular weight excluding hydrogens is 468 g/mol. The number of aromatic amines is 1. The third kappa shape index (κ3) is 2.85. The highest BCUT2D eigenvalue weighted by Crippen LogP contribution is 2.68. The molecule has 2 bridgehead atoms. The lowest BCUT2D eigenvalue weighted by Gasteiger charge is -2.42. The first-order chi connectivity index (χ1) is 15.3. The van der Waals surface area contributed by atoms with Gasteiger partial charge < -0.3 is 9.72 Å². The van der Waals surface area contributed by atoms with Crippen LogP contribution in [-0.4, -0.2) is 45.6 Å². The van der Waals surface area contributed by atoms with Gasteiger partial charge in [-0.05, 0) is 49.5 Å². The molecule has 2 aliphatic heterocycles. The highest BCUT2D eigenvalue weighted by molar-refractivity contribution is 8.00. The number of carbonyl (C=O) groups is 3. The Morgan fingerprint density at radius 1 is 1.22 bits per heavy atom. The zero-order valence-electron chi connectivity index (χ0n) is 17.5. The van der Waals surface area contributed by atoms with Gasteiger partial charge in [0, 0.05) is 20.9 Å². The smallest absolute Gasteiger partial charge is 0.326 e. The minimum atomic E-state index is -0.544. The Morgan fingerprint density at radius 3 is 2.66 bits per heavy atom. The summed E-state index contributed by atoms with van der Waals surface area (Å²) in [7, 11) is 0. The Kier molecular flexibility index (Phi) is 4.71. The van der Waals surface area contributed by atoms with Gasteiger partial charge in [0.1, 0.15) is 6.54 Å². The number of aromatic nitrogens is 1. The fourth-order valence-electron chi connectivity index (χ4n) is 6.45. The second-order valence-electron chi connectivity index (χ2n) is 9.28. The van der Waals surface area contributed by atoms with Crippen LogP contribution in [0.1, 0.15) is 35.9 Å². The first kappa shape index (κ1) is 20.7. The van der Waals surface area contributed by atoms with E-state index in [1.807, 2.05) is 11.4 Å². The van der Waals surface area contributed by atoms with E-state index >= 15 is 0 Å². The van der Waals surface area contributed by atoms with Crippen molar-refractivity contribution >= 4 is 52.2 Å². The number of thiophene rings is 1. The van der Waals surface area contributed by atoms with Crippen LogP contribution in [0.5, 0.6) is 0 Å². The van der Waals surface area contributed by atoms with Crippen LogP contribution in [0, 0.1) is 29.6 Å². The Bertz CT molecular complexity index is 1170. The highest BCUT2D eigenvalue weighted by Gasteiger charge is 2.69. The molecule has 7 nitrogen and oxygen atoms in total. The van der Waals surface area contributed by atoms with Gasteiger partial charge in [-0.25, -0.2) is 0 Å². The van der Waals surface area contributed by atoms with E-state index in [1.165, 1.54) is 16.2 Å². The molecular formula is C22H22N2O5S3. The van der Waals surface area contributed by atoms with E-state index in [2.05, 4.69) is 11.1 Å². The van der Waals surface area contributed by atoms with Crippen LogP contribution in [0.4, 0.5) is 0 Å². The largest absolute Gasteiger partial charge is 0.462 e. The van der Waals surface area contributed by atoms with E-state index in [4.69, 9.17) is 4.74 Å². The summed E-state index contributed by atoms with van der Waals surface area (Å²) in [6.45, 7) is 3.19. The number of H-pyrrole nitrogens is 1. The number of amides is 2. The molecule has 1 saturated heterocycles. The number of imide groups is 1. The predicted octanol–water partition coefficient (Wildman–Crippen LogP) is 2.92. The third-order valence-corrected chi connectivity index (χ3v) is 10.9. The van der Waals surface area contributed by atoms with Gasteiger partial charge in [0.25, 0.3) is 0 Å². The topological polar surface area (TPSA) is 96.5 Å². The van der Waals surface area contributed by atoms with Crippen molar-refractivity contribution in [2.45, 2.75) is 42.6 Å². The summed E-state index contributed by atoms with van der Waals surface area (Å²) in [5, 5.41) is 3.13. The third-order valence-electron chi connectivity index (χ3n) is 7.32. The summed E-state index contributed by atoms with van der Waals surface area (Å²) in [5.74, 6) is -1.34. The quantitative estimate of drug-likeness (QED) is 0.523. The number of hydrogen-bond donors (Lipinski definition) is 1. The van der Waals surface area contributed by atoms with Crippen LogP contribution in [0.15, 0.2) is 27.3 Å². The average Bonchev–Trinajstić information content (AvgIpc) is 3.52. The van der Waals surface area contributed by atoms with Crippen molar-refractivity contribution in [2.24, 2.45) is 29.6 Å². The Morgan fingerprint density at radius 2 is 1.97 bits per heavy atom. The van der Waals surface area contributed by atoms with Crippen molar-refractivity contribution in [3.63, 3.8) is 0 Å². The van der Waals surface area contributed by atoms with E-state index in [0.717, 1.165) is 21.2 Å². The van der Waals surface area contributed by atoms with Crippen LogP contribution >= 0.6 is 34.4 Å². The lowest BCUT2D eigenvalue weighted by Crippen LogP contribution is -2.42. The van der Waals surface area contributed by atoms with E-state index in [9.17, 15) is 19.2 Å². The van der Waals surface area contributed by atoms with Crippen molar-refractivity contribution in [3.05, 3.63) is 36.9 Å². The number of esters is 1. The zero-order chi connectivity index (χ0) is 22.3. The minimum Gasteiger partial charge on any atom is -0.462 e. The van der Waals surface area contributed by atoms with Crippen molar-refractivity contribution in [1.82, 2.24) is 9.88 Å². The molecule has 168 valence electrons. The molecule has 2 aromatic rings. The van der Waals surface area contributed by atoms with E-state index in [0.29, 0.717) is 0 Å². The second-order valence-corrected chi connectivity index (χ2v) is 12.5. The Balaban J connectivity index is 1.36. The maximum absolute atomic E-state index is 13.4. The zero-order valence-corrected chi connectivity index (χ0v) is 19.9. The fraction of sp³-hybridized carbons (Fsp3) is 0.545. The molecule has 1 N–H and O–H groups in total. The summed E-state index contributed by atoms with van der Waals surface area (Å²) in [6.07, 6.45) is 0.554.